The van der Waals surface area contributed by atoms with Gasteiger partial charge in [-0.25, -0.2) is 0 Å². The van der Waals surface area contributed by atoms with Crippen molar-refractivity contribution in [2.75, 3.05) is 5.32 Å². The number of fused-ring (bicyclic) bond motifs is 1. The number of nitrogens with one attached hydrogen (secondary N) is 2. The molecule has 1 heterocycles. The smallest absolute Gasteiger partial charge is 0.258 e. The Hall–Kier alpha value is -2.62. The molecular formula is C14H11N3O. The second-order valence-corrected chi connectivity index (χ2v) is 3.97. The Balaban J connectivity index is 1.98. The molecule has 3 aromatic rings. The molecule has 2 N–H and O–H groups in total. The van der Waals surface area contributed by atoms with E-state index in [-0.39, 0.29) is 5.91 Å². The minimum atomic E-state index is -0.167. The minimum absolute atomic E-state index is 0.167. The third kappa shape index (κ3) is 1.84. The van der Waals surface area contributed by atoms with Crippen molar-refractivity contribution in [3.63, 3.8) is 0 Å². The van der Waals surface area contributed by atoms with E-state index in [0.717, 1.165) is 16.5 Å². The van der Waals surface area contributed by atoms with E-state index in [9.17, 15) is 4.79 Å². The molecule has 0 saturated carbocycles. The molecule has 1 aromatic heterocycles. The van der Waals surface area contributed by atoms with Crippen LogP contribution in [-0.2, 0) is 0 Å². The zero-order chi connectivity index (χ0) is 12.4. The molecule has 0 spiro atoms. The van der Waals surface area contributed by atoms with Gasteiger partial charge in [-0.05, 0) is 11.5 Å². The van der Waals surface area contributed by atoms with Crippen molar-refractivity contribution in [1.82, 2.24) is 10.2 Å². The SMILES string of the molecule is O=C(Nc1cccc2ccccc12)c1cn[nH]c1. The van der Waals surface area contributed by atoms with Crippen molar-refractivity contribution in [3.05, 3.63) is 60.4 Å². The van der Waals surface area contributed by atoms with Crippen LogP contribution in [0.4, 0.5) is 5.69 Å². The Kier molecular flexibility index (Phi) is 2.53. The number of H-pyrrole nitrogens is 1. The van der Waals surface area contributed by atoms with Gasteiger partial charge in [0.15, 0.2) is 0 Å². The molecule has 88 valence electrons. The van der Waals surface area contributed by atoms with Crippen molar-refractivity contribution in [1.29, 1.82) is 0 Å². The van der Waals surface area contributed by atoms with Gasteiger partial charge in [-0.3, -0.25) is 9.89 Å². The molecule has 0 radical (unpaired) electrons. The van der Waals surface area contributed by atoms with E-state index >= 15 is 0 Å². The Labute approximate surface area is 104 Å². The molecule has 4 nitrogen and oxygen atoms in total. The average molecular weight is 237 g/mol. The summed E-state index contributed by atoms with van der Waals surface area (Å²) in [5.74, 6) is -0.167. The largest absolute Gasteiger partial charge is 0.321 e. The first-order valence-electron chi connectivity index (χ1n) is 5.62. The molecule has 0 saturated heterocycles. The fraction of sp³-hybridized carbons (Fsp3) is 0. The van der Waals surface area contributed by atoms with Gasteiger partial charge < -0.3 is 5.32 Å². The summed E-state index contributed by atoms with van der Waals surface area (Å²) in [7, 11) is 0. The Morgan fingerprint density at radius 2 is 1.94 bits per heavy atom. The predicted molar refractivity (Wildman–Crippen MR) is 70.5 cm³/mol. The number of carbonyl (C=O) groups excluding carboxylic acids is 1. The monoisotopic (exact) mass is 237 g/mol. The lowest BCUT2D eigenvalue weighted by Gasteiger charge is -2.07. The standard InChI is InChI=1S/C14H11N3O/c18-14(11-8-15-16-9-11)17-13-7-3-5-10-4-1-2-6-12(10)13/h1-9H,(H,15,16)(H,17,18). The van der Waals surface area contributed by atoms with E-state index in [1.807, 2.05) is 42.5 Å². The predicted octanol–water partition coefficient (Wildman–Crippen LogP) is 2.82. The number of aromatic amines is 1. The maximum absolute atomic E-state index is 11.9. The van der Waals surface area contributed by atoms with E-state index in [1.54, 1.807) is 6.20 Å². The zero-order valence-electron chi connectivity index (χ0n) is 9.55. The number of amides is 1. The number of anilines is 1. The van der Waals surface area contributed by atoms with Crippen LogP contribution < -0.4 is 5.32 Å². The second-order valence-electron chi connectivity index (χ2n) is 3.97. The molecule has 4 heteroatoms. The first-order valence-corrected chi connectivity index (χ1v) is 5.62. The fourth-order valence-corrected chi connectivity index (χ4v) is 1.90. The van der Waals surface area contributed by atoms with Crippen molar-refractivity contribution in [2.24, 2.45) is 0 Å². The maximum Gasteiger partial charge on any atom is 0.258 e. The molecule has 0 atom stereocenters. The minimum Gasteiger partial charge on any atom is -0.321 e. The van der Waals surface area contributed by atoms with E-state index in [2.05, 4.69) is 15.5 Å². The fourth-order valence-electron chi connectivity index (χ4n) is 1.90. The van der Waals surface area contributed by atoms with Crippen molar-refractivity contribution in [3.8, 4) is 0 Å². The highest BCUT2D eigenvalue weighted by Gasteiger charge is 2.08. The number of hydrogen-bond donors (Lipinski definition) is 2. The van der Waals surface area contributed by atoms with Crippen LogP contribution in [0.1, 0.15) is 10.4 Å². The van der Waals surface area contributed by atoms with Crippen LogP contribution in [0.5, 0.6) is 0 Å². The summed E-state index contributed by atoms with van der Waals surface area (Å²) in [4.78, 5) is 11.9. The third-order valence-corrected chi connectivity index (χ3v) is 2.80. The van der Waals surface area contributed by atoms with Crippen LogP contribution in [0.2, 0.25) is 0 Å². The molecule has 0 aliphatic carbocycles. The van der Waals surface area contributed by atoms with Crippen molar-refractivity contribution < 1.29 is 4.79 Å². The summed E-state index contributed by atoms with van der Waals surface area (Å²) < 4.78 is 0. The number of aromatic nitrogens is 2. The highest BCUT2D eigenvalue weighted by molar-refractivity contribution is 6.08. The lowest BCUT2D eigenvalue weighted by Crippen LogP contribution is -2.11. The molecule has 1 amide bonds. The summed E-state index contributed by atoms with van der Waals surface area (Å²) in [6, 6.07) is 13.8. The normalized spacial score (nSPS) is 10.4. The summed E-state index contributed by atoms with van der Waals surface area (Å²) in [5.41, 5.74) is 1.32. The summed E-state index contributed by atoms with van der Waals surface area (Å²) in [6.45, 7) is 0. The third-order valence-electron chi connectivity index (χ3n) is 2.80. The van der Waals surface area contributed by atoms with Crippen LogP contribution in [0, 0.1) is 0 Å². The quantitative estimate of drug-likeness (QED) is 0.720. The summed E-state index contributed by atoms with van der Waals surface area (Å²) >= 11 is 0. The van der Waals surface area contributed by atoms with E-state index in [4.69, 9.17) is 0 Å². The van der Waals surface area contributed by atoms with Crippen LogP contribution >= 0.6 is 0 Å². The highest BCUT2D eigenvalue weighted by Crippen LogP contribution is 2.23. The maximum atomic E-state index is 11.9. The molecule has 0 unspecified atom stereocenters. The Morgan fingerprint density at radius 1 is 1.11 bits per heavy atom. The van der Waals surface area contributed by atoms with E-state index < -0.39 is 0 Å². The van der Waals surface area contributed by atoms with Gasteiger partial charge in [-0.1, -0.05) is 36.4 Å². The summed E-state index contributed by atoms with van der Waals surface area (Å²) in [5, 5.41) is 11.4. The molecule has 2 aromatic carbocycles. The molecule has 0 fully saturated rings. The van der Waals surface area contributed by atoms with Crippen molar-refractivity contribution in [2.45, 2.75) is 0 Å². The van der Waals surface area contributed by atoms with Gasteiger partial charge in [0.25, 0.3) is 5.91 Å². The first kappa shape index (κ1) is 10.5. The Bertz CT molecular complexity index is 684. The lowest BCUT2D eigenvalue weighted by molar-refractivity contribution is 0.102. The van der Waals surface area contributed by atoms with Crippen LogP contribution in [0.3, 0.4) is 0 Å². The van der Waals surface area contributed by atoms with Crippen LogP contribution in [0.15, 0.2) is 54.9 Å². The van der Waals surface area contributed by atoms with Crippen molar-refractivity contribution >= 4 is 22.4 Å². The topological polar surface area (TPSA) is 57.8 Å². The number of benzene rings is 2. The van der Waals surface area contributed by atoms with Gasteiger partial charge in [0.05, 0.1) is 11.8 Å². The van der Waals surface area contributed by atoms with Gasteiger partial charge in [-0.15, -0.1) is 0 Å². The molecule has 0 bridgehead atoms. The molecular weight excluding hydrogens is 226 g/mol. The number of carbonyl (C=O) groups is 1. The van der Waals surface area contributed by atoms with Crippen LogP contribution in [-0.4, -0.2) is 16.1 Å². The zero-order valence-corrected chi connectivity index (χ0v) is 9.55. The van der Waals surface area contributed by atoms with Gasteiger partial charge in [0, 0.05) is 17.3 Å². The van der Waals surface area contributed by atoms with E-state index in [0.29, 0.717) is 5.56 Å². The van der Waals surface area contributed by atoms with Gasteiger partial charge in [0.1, 0.15) is 0 Å². The molecule has 18 heavy (non-hydrogen) atoms. The Morgan fingerprint density at radius 3 is 2.78 bits per heavy atom. The van der Waals surface area contributed by atoms with Gasteiger partial charge in [0.2, 0.25) is 0 Å². The number of rotatable bonds is 2. The van der Waals surface area contributed by atoms with E-state index in [1.165, 1.54) is 6.20 Å². The number of nitrogens with zero attached hydrogens (tertiary/aromatic N) is 1. The van der Waals surface area contributed by atoms with Gasteiger partial charge >= 0.3 is 0 Å². The first-order chi connectivity index (χ1) is 8.84. The lowest BCUT2D eigenvalue weighted by atomic mass is 10.1. The molecule has 0 aliphatic rings. The summed E-state index contributed by atoms with van der Waals surface area (Å²) in [6.07, 6.45) is 3.07. The van der Waals surface area contributed by atoms with Gasteiger partial charge in [-0.2, -0.15) is 5.10 Å². The highest BCUT2D eigenvalue weighted by atomic mass is 16.1. The second kappa shape index (κ2) is 4.33. The van der Waals surface area contributed by atoms with Crippen LogP contribution in [0.25, 0.3) is 10.8 Å². The molecule has 3 rings (SSSR count). The molecule has 0 aliphatic heterocycles. The number of hydrogen-bond acceptors (Lipinski definition) is 2. The average Bonchev–Trinajstić information content (AvgIpc) is 2.93.